The first-order valence-corrected chi connectivity index (χ1v) is 6.73. The number of nitrogen functional groups attached to an aromatic ring is 1. The summed E-state index contributed by atoms with van der Waals surface area (Å²) in [5, 5.41) is 0.471. The lowest BCUT2D eigenvalue weighted by atomic mass is 10.2. The number of fused-ring (bicyclic) bond motifs is 1. The summed E-state index contributed by atoms with van der Waals surface area (Å²) in [5.74, 6) is -1.49. The fourth-order valence-corrected chi connectivity index (χ4v) is 2.62. The van der Waals surface area contributed by atoms with Crippen LogP contribution in [0.5, 0.6) is 0 Å². The predicted molar refractivity (Wildman–Crippen MR) is 78.1 cm³/mol. The molecule has 0 saturated carbocycles. The molecular weight excluding hydrogens is 352 g/mol. The fraction of sp³-hybridized carbons (Fsp3) is 0. The Bertz CT molecular complexity index is 809. The van der Waals surface area contributed by atoms with Crippen molar-refractivity contribution in [3.8, 4) is 5.69 Å². The van der Waals surface area contributed by atoms with Gasteiger partial charge in [-0.05, 0) is 30.3 Å². The summed E-state index contributed by atoms with van der Waals surface area (Å²) in [6.07, 6.45) is 0. The van der Waals surface area contributed by atoms with E-state index in [1.807, 2.05) is 0 Å². The number of benzene rings is 2. The van der Waals surface area contributed by atoms with Crippen LogP contribution >= 0.6 is 27.5 Å². The lowest BCUT2D eigenvalue weighted by Crippen LogP contribution is -2.05. The molecule has 3 rings (SSSR count). The van der Waals surface area contributed by atoms with Gasteiger partial charge in [-0.15, -0.1) is 0 Å². The summed E-state index contributed by atoms with van der Waals surface area (Å²) in [4.78, 5) is 4.07. The Morgan fingerprint density at radius 2 is 1.80 bits per heavy atom. The van der Waals surface area contributed by atoms with Crippen LogP contribution in [0.3, 0.4) is 0 Å². The van der Waals surface area contributed by atoms with Gasteiger partial charge >= 0.3 is 0 Å². The highest BCUT2D eigenvalue weighted by atomic mass is 79.9. The number of nitrogens with two attached hydrogens (primary N) is 1. The molecule has 0 saturated heterocycles. The van der Waals surface area contributed by atoms with Crippen LogP contribution in [0.1, 0.15) is 0 Å². The number of anilines is 1. The predicted octanol–water partition coefficient (Wildman–Crippen LogP) is 4.30. The summed E-state index contributed by atoms with van der Waals surface area (Å²) in [5.41, 5.74) is 6.45. The maximum absolute atomic E-state index is 14.1. The average molecular weight is 359 g/mol. The Balaban J connectivity index is 2.38. The smallest absolute Gasteiger partial charge is 0.206 e. The molecule has 0 spiro atoms. The topological polar surface area (TPSA) is 43.8 Å². The second-order valence-corrected chi connectivity index (χ2v) is 5.51. The Morgan fingerprint density at radius 3 is 2.45 bits per heavy atom. The number of aromatic nitrogens is 2. The zero-order valence-corrected chi connectivity index (χ0v) is 12.2. The molecule has 0 aliphatic heterocycles. The number of hydrogen-bond acceptors (Lipinski definition) is 2. The van der Waals surface area contributed by atoms with Crippen molar-refractivity contribution in [2.75, 3.05) is 5.73 Å². The first kappa shape index (κ1) is 13.3. The third kappa shape index (κ3) is 2.05. The van der Waals surface area contributed by atoms with Crippen molar-refractivity contribution in [1.82, 2.24) is 9.55 Å². The van der Waals surface area contributed by atoms with Gasteiger partial charge in [-0.1, -0.05) is 27.5 Å². The Labute approximate surface area is 126 Å². The molecule has 0 aliphatic carbocycles. The Hall–Kier alpha value is -1.66. The van der Waals surface area contributed by atoms with Gasteiger partial charge in [-0.25, -0.2) is 13.8 Å². The third-order valence-corrected chi connectivity index (χ3v) is 3.54. The summed E-state index contributed by atoms with van der Waals surface area (Å²) in [6, 6.07) is 7.13. The second-order valence-electron chi connectivity index (χ2n) is 4.16. The second kappa shape index (κ2) is 4.71. The van der Waals surface area contributed by atoms with E-state index in [1.165, 1.54) is 16.7 Å². The largest absolute Gasteiger partial charge is 0.369 e. The minimum atomic E-state index is -0.738. The minimum absolute atomic E-state index is 0.0117. The molecule has 20 heavy (non-hydrogen) atoms. The van der Waals surface area contributed by atoms with E-state index in [4.69, 9.17) is 17.3 Å². The molecule has 102 valence electrons. The van der Waals surface area contributed by atoms with E-state index in [0.717, 1.165) is 0 Å². The molecule has 3 aromatic rings. The Kier molecular flexibility index (Phi) is 3.14. The highest BCUT2D eigenvalue weighted by Crippen LogP contribution is 2.30. The summed E-state index contributed by atoms with van der Waals surface area (Å²) < 4.78 is 29.7. The average Bonchev–Trinajstić information content (AvgIpc) is 2.64. The van der Waals surface area contributed by atoms with E-state index < -0.39 is 11.6 Å². The molecule has 7 heteroatoms. The van der Waals surface area contributed by atoms with Crippen molar-refractivity contribution in [3.05, 3.63) is 51.5 Å². The highest BCUT2D eigenvalue weighted by molar-refractivity contribution is 9.10. The number of imidazole rings is 1. The third-order valence-electron chi connectivity index (χ3n) is 2.85. The van der Waals surface area contributed by atoms with E-state index in [2.05, 4.69) is 20.9 Å². The maximum Gasteiger partial charge on any atom is 0.206 e. The van der Waals surface area contributed by atoms with Crippen LogP contribution in [0, 0.1) is 11.6 Å². The normalized spacial score (nSPS) is 11.2. The first-order chi connectivity index (χ1) is 9.47. The van der Waals surface area contributed by atoms with Crippen LogP contribution in [-0.2, 0) is 0 Å². The SMILES string of the molecule is Nc1nc2cc(Cl)ccc2n1-c1c(F)cc(Br)cc1F. The van der Waals surface area contributed by atoms with Crippen molar-refractivity contribution in [1.29, 1.82) is 0 Å². The summed E-state index contributed by atoms with van der Waals surface area (Å²) in [7, 11) is 0. The minimum Gasteiger partial charge on any atom is -0.369 e. The summed E-state index contributed by atoms with van der Waals surface area (Å²) in [6.45, 7) is 0. The molecule has 0 fully saturated rings. The van der Waals surface area contributed by atoms with Gasteiger partial charge in [-0.3, -0.25) is 4.57 Å². The molecule has 1 heterocycles. The lowest BCUT2D eigenvalue weighted by Gasteiger charge is -2.09. The van der Waals surface area contributed by atoms with Crippen LogP contribution in [0.15, 0.2) is 34.8 Å². The van der Waals surface area contributed by atoms with Crippen LogP contribution in [0.25, 0.3) is 16.7 Å². The van der Waals surface area contributed by atoms with E-state index >= 15 is 0 Å². The molecule has 0 atom stereocenters. The number of rotatable bonds is 1. The molecule has 0 radical (unpaired) electrons. The molecule has 0 unspecified atom stereocenters. The van der Waals surface area contributed by atoms with Gasteiger partial charge in [0.05, 0.1) is 11.0 Å². The van der Waals surface area contributed by atoms with Gasteiger partial charge in [-0.2, -0.15) is 0 Å². The van der Waals surface area contributed by atoms with Gasteiger partial charge in [0.1, 0.15) is 5.69 Å². The van der Waals surface area contributed by atoms with Gasteiger partial charge in [0.2, 0.25) is 5.95 Å². The molecule has 0 bridgehead atoms. The maximum atomic E-state index is 14.1. The van der Waals surface area contributed by atoms with E-state index in [-0.39, 0.29) is 11.6 Å². The van der Waals surface area contributed by atoms with Crippen molar-refractivity contribution in [2.24, 2.45) is 0 Å². The highest BCUT2D eigenvalue weighted by Gasteiger charge is 2.18. The quantitative estimate of drug-likeness (QED) is 0.705. The van der Waals surface area contributed by atoms with E-state index in [1.54, 1.807) is 18.2 Å². The molecule has 0 amide bonds. The van der Waals surface area contributed by atoms with E-state index in [9.17, 15) is 8.78 Å². The van der Waals surface area contributed by atoms with Gasteiger partial charge in [0, 0.05) is 9.50 Å². The molecule has 1 aromatic heterocycles. The van der Waals surface area contributed by atoms with Gasteiger partial charge in [0.25, 0.3) is 0 Å². The Morgan fingerprint density at radius 1 is 1.15 bits per heavy atom. The monoisotopic (exact) mass is 357 g/mol. The summed E-state index contributed by atoms with van der Waals surface area (Å²) >= 11 is 8.90. The number of halogens is 4. The van der Waals surface area contributed by atoms with Gasteiger partial charge < -0.3 is 5.73 Å². The van der Waals surface area contributed by atoms with Crippen molar-refractivity contribution < 1.29 is 8.78 Å². The van der Waals surface area contributed by atoms with Crippen LogP contribution < -0.4 is 5.73 Å². The number of nitrogens with zero attached hydrogens (tertiary/aromatic N) is 2. The van der Waals surface area contributed by atoms with Crippen molar-refractivity contribution in [3.63, 3.8) is 0 Å². The molecule has 2 aromatic carbocycles. The molecule has 3 nitrogen and oxygen atoms in total. The first-order valence-electron chi connectivity index (χ1n) is 5.56. The van der Waals surface area contributed by atoms with Crippen LogP contribution in [0.2, 0.25) is 5.02 Å². The van der Waals surface area contributed by atoms with E-state index in [0.29, 0.717) is 20.5 Å². The molecule has 0 aliphatic rings. The zero-order valence-electron chi connectivity index (χ0n) is 9.87. The zero-order chi connectivity index (χ0) is 14.4. The fourth-order valence-electron chi connectivity index (χ4n) is 2.06. The van der Waals surface area contributed by atoms with Gasteiger partial charge in [0.15, 0.2) is 11.6 Å². The number of hydrogen-bond donors (Lipinski definition) is 1. The van der Waals surface area contributed by atoms with Crippen molar-refractivity contribution in [2.45, 2.75) is 0 Å². The van der Waals surface area contributed by atoms with Crippen LogP contribution in [-0.4, -0.2) is 9.55 Å². The molecule has 2 N–H and O–H groups in total. The standard InChI is InChI=1S/C13H7BrClF2N3/c14-6-3-8(16)12(9(17)4-6)20-11-2-1-7(15)5-10(11)19-13(20)18/h1-5H,(H2,18,19). The lowest BCUT2D eigenvalue weighted by molar-refractivity contribution is 0.570. The van der Waals surface area contributed by atoms with Crippen LogP contribution in [0.4, 0.5) is 14.7 Å². The van der Waals surface area contributed by atoms with Crippen molar-refractivity contribution >= 4 is 44.5 Å². The molecular formula is C13H7BrClF2N3.